The number of aromatic nitrogens is 1. The molecule has 0 aliphatic carbocycles. The molecule has 1 aromatic carbocycles. The second-order valence-electron chi connectivity index (χ2n) is 3.79. The van der Waals surface area contributed by atoms with E-state index in [1.54, 1.807) is 12.1 Å². The largest absolute Gasteiger partial charge is 0.493 e. The Morgan fingerprint density at radius 3 is 2.30 bits per heavy atom. The molecule has 0 amide bonds. The predicted octanol–water partition coefficient (Wildman–Crippen LogP) is 3.26. The first kappa shape index (κ1) is 14.0. The van der Waals surface area contributed by atoms with E-state index in [1.165, 1.54) is 20.3 Å². The minimum absolute atomic E-state index is 0.389. The van der Waals surface area contributed by atoms with Gasteiger partial charge >= 0.3 is 0 Å². The predicted molar refractivity (Wildman–Crippen MR) is 66.9 cm³/mol. The fraction of sp³-hybridized carbons (Fsp3) is 0.154. The van der Waals surface area contributed by atoms with Crippen molar-refractivity contribution in [3.8, 4) is 11.5 Å². The molecule has 0 saturated heterocycles. The van der Waals surface area contributed by atoms with Gasteiger partial charge in [0, 0.05) is 17.8 Å². The summed E-state index contributed by atoms with van der Waals surface area (Å²) < 4.78 is 49.3. The zero-order valence-corrected chi connectivity index (χ0v) is 10.7. The first-order chi connectivity index (χ1) is 9.55. The molecule has 1 heterocycles. The molecular formula is C13H11F3N2O2. The molecule has 2 rings (SSSR count). The molecule has 20 heavy (non-hydrogen) atoms. The van der Waals surface area contributed by atoms with E-state index in [2.05, 4.69) is 10.3 Å². The average Bonchev–Trinajstić information content (AvgIpc) is 2.44. The second-order valence-corrected chi connectivity index (χ2v) is 3.79. The lowest BCUT2D eigenvalue weighted by Gasteiger charge is -2.11. The number of hydrogen-bond donors (Lipinski definition) is 1. The first-order valence-electron chi connectivity index (χ1n) is 5.55. The molecule has 0 bridgehead atoms. The van der Waals surface area contributed by atoms with Crippen LogP contribution in [0.25, 0.3) is 0 Å². The molecule has 106 valence electrons. The summed E-state index contributed by atoms with van der Waals surface area (Å²) in [7, 11) is 2.92. The van der Waals surface area contributed by atoms with Crippen molar-refractivity contribution in [2.24, 2.45) is 0 Å². The number of ether oxygens (including phenoxy) is 2. The van der Waals surface area contributed by atoms with Gasteiger partial charge in [0.15, 0.2) is 29.0 Å². The van der Waals surface area contributed by atoms with Gasteiger partial charge < -0.3 is 14.8 Å². The highest BCUT2D eigenvalue weighted by molar-refractivity contribution is 5.61. The number of anilines is 2. The third-order valence-corrected chi connectivity index (χ3v) is 2.53. The van der Waals surface area contributed by atoms with Gasteiger partial charge in [-0.25, -0.2) is 8.78 Å². The van der Waals surface area contributed by atoms with Crippen molar-refractivity contribution in [3.05, 3.63) is 41.8 Å². The van der Waals surface area contributed by atoms with Gasteiger partial charge in [-0.05, 0) is 12.1 Å². The summed E-state index contributed by atoms with van der Waals surface area (Å²) in [4.78, 5) is 3.17. The lowest BCUT2D eigenvalue weighted by Crippen LogP contribution is -2.02. The van der Waals surface area contributed by atoms with Crippen LogP contribution in [0.4, 0.5) is 24.7 Å². The van der Waals surface area contributed by atoms with Gasteiger partial charge in [-0.2, -0.15) is 9.37 Å². The van der Waals surface area contributed by atoms with Gasteiger partial charge in [-0.15, -0.1) is 0 Å². The number of methoxy groups -OCH3 is 2. The van der Waals surface area contributed by atoms with Crippen LogP contribution >= 0.6 is 0 Å². The summed E-state index contributed by atoms with van der Waals surface area (Å²) in [5.74, 6) is -3.26. The van der Waals surface area contributed by atoms with E-state index in [4.69, 9.17) is 9.47 Å². The summed E-state index contributed by atoms with van der Waals surface area (Å²) in [5.41, 5.74) is 0.389. The number of nitrogens with one attached hydrogen (secondary N) is 1. The van der Waals surface area contributed by atoms with Crippen LogP contribution < -0.4 is 14.8 Å². The third-order valence-electron chi connectivity index (χ3n) is 2.53. The molecule has 1 aromatic heterocycles. The molecule has 4 nitrogen and oxygen atoms in total. The number of hydrogen-bond acceptors (Lipinski definition) is 4. The van der Waals surface area contributed by atoms with Gasteiger partial charge in [0.1, 0.15) is 0 Å². The monoisotopic (exact) mass is 284 g/mol. The Morgan fingerprint density at radius 2 is 1.65 bits per heavy atom. The molecule has 0 spiro atoms. The van der Waals surface area contributed by atoms with E-state index in [0.29, 0.717) is 23.3 Å². The molecular weight excluding hydrogens is 273 g/mol. The lowest BCUT2D eigenvalue weighted by atomic mass is 10.2. The number of benzene rings is 1. The minimum Gasteiger partial charge on any atom is -0.493 e. The van der Waals surface area contributed by atoms with Crippen LogP contribution in [0.15, 0.2) is 24.3 Å². The fourth-order valence-electron chi connectivity index (χ4n) is 1.58. The van der Waals surface area contributed by atoms with Crippen molar-refractivity contribution in [2.45, 2.75) is 0 Å². The highest BCUT2D eigenvalue weighted by Crippen LogP contribution is 2.31. The Balaban J connectivity index is 2.33. The van der Waals surface area contributed by atoms with Crippen LogP contribution in [0.5, 0.6) is 11.5 Å². The fourth-order valence-corrected chi connectivity index (χ4v) is 1.58. The molecule has 0 aliphatic heterocycles. The molecule has 0 unspecified atom stereocenters. The Morgan fingerprint density at radius 1 is 0.950 bits per heavy atom. The number of rotatable bonds is 4. The van der Waals surface area contributed by atoms with Crippen LogP contribution in [-0.2, 0) is 0 Å². The third kappa shape index (κ3) is 2.76. The van der Waals surface area contributed by atoms with Crippen LogP contribution in [0.3, 0.4) is 0 Å². The topological polar surface area (TPSA) is 43.4 Å². The van der Waals surface area contributed by atoms with Crippen LogP contribution in [0, 0.1) is 17.6 Å². The first-order valence-corrected chi connectivity index (χ1v) is 5.55. The van der Waals surface area contributed by atoms with Crippen LogP contribution in [0.1, 0.15) is 0 Å². The normalized spacial score (nSPS) is 10.2. The summed E-state index contributed by atoms with van der Waals surface area (Å²) in [6, 6.07) is 5.08. The maximum absolute atomic E-state index is 13.5. The lowest BCUT2D eigenvalue weighted by molar-refractivity contribution is 0.355. The molecule has 0 fully saturated rings. The molecule has 0 atom stereocenters. The number of nitrogens with zero attached hydrogens (tertiary/aromatic N) is 1. The van der Waals surface area contributed by atoms with E-state index in [1.807, 2.05) is 0 Å². The van der Waals surface area contributed by atoms with Crippen molar-refractivity contribution >= 4 is 11.5 Å². The minimum atomic E-state index is -1.38. The van der Waals surface area contributed by atoms with Crippen molar-refractivity contribution in [3.63, 3.8) is 0 Å². The summed E-state index contributed by atoms with van der Waals surface area (Å²) in [6.07, 6.45) is 0. The molecule has 2 aromatic rings. The van der Waals surface area contributed by atoms with Crippen molar-refractivity contribution in [1.82, 2.24) is 4.98 Å². The second kappa shape index (κ2) is 5.68. The Kier molecular flexibility index (Phi) is 3.97. The van der Waals surface area contributed by atoms with Gasteiger partial charge in [0.25, 0.3) is 5.95 Å². The summed E-state index contributed by atoms with van der Waals surface area (Å²) >= 11 is 0. The van der Waals surface area contributed by atoms with Crippen LogP contribution in [-0.4, -0.2) is 19.2 Å². The molecule has 7 heteroatoms. The smallest absolute Gasteiger partial charge is 0.251 e. The molecule has 0 aliphatic rings. The van der Waals surface area contributed by atoms with Gasteiger partial charge in [-0.1, -0.05) is 0 Å². The van der Waals surface area contributed by atoms with Crippen molar-refractivity contribution < 1.29 is 22.6 Å². The standard InChI is InChI=1S/C13H11F3N2O2/c1-19-10-4-3-7(5-11(10)20-2)17-13-9(15)6-8(14)12(16)18-13/h3-6H,1-2H3,(H,17,18). The van der Waals surface area contributed by atoms with E-state index >= 15 is 0 Å². The van der Waals surface area contributed by atoms with Crippen molar-refractivity contribution in [1.29, 1.82) is 0 Å². The zero-order valence-electron chi connectivity index (χ0n) is 10.7. The maximum Gasteiger partial charge on any atom is 0.251 e. The molecule has 0 radical (unpaired) electrons. The van der Waals surface area contributed by atoms with Gasteiger partial charge in [0.05, 0.1) is 14.2 Å². The Hall–Kier alpha value is -2.44. The van der Waals surface area contributed by atoms with E-state index in [9.17, 15) is 13.2 Å². The van der Waals surface area contributed by atoms with Gasteiger partial charge in [-0.3, -0.25) is 0 Å². The van der Waals surface area contributed by atoms with E-state index in [0.717, 1.165) is 0 Å². The van der Waals surface area contributed by atoms with Crippen molar-refractivity contribution in [2.75, 3.05) is 19.5 Å². The Bertz CT molecular complexity index is 635. The maximum atomic E-state index is 13.5. The van der Waals surface area contributed by atoms with E-state index in [-0.39, 0.29) is 0 Å². The Labute approximate surface area is 113 Å². The quantitative estimate of drug-likeness (QED) is 0.875. The van der Waals surface area contributed by atoms with Crippen LogP contribution in [0.2, 0.25) is 0 Å². The highest BCUT2D eigenvalue weighted by atomic mass is 19.2. The number of pyridine rings is 1. The molecule has 1 N–H and O–H groups in total. The average molecular weight is 284 g/mol. The van der Waals surface area contributed by atoms with Gasteiger partial charge in [0.2, 0.25) is 0 Å². The summed E-state index contributed by atoms with van der Waals surface area (Å²) in [6.45, 7) is 0. The number of halogens is 3. The highest BCUT2D eigenvalue weighted by Gasteiger charge is 2.12. The SMILES string of the molecule is COc1ccc(Nc2nc(F)c(F)cc2F)cc1OC. The van der Waals surface area contributed by atoms with E-state index < -0.39 is 23.4 Å². The zero-order chi connectivity index (χ0) is 14.7. The summed E-state index contributed by atoms with van der Waals surface area (Å²) in [5, 5.41) is 2.54. The molecule has 0 saturated carbocycles.